The van der Waals surface area contributed by atoms with E-state index in [-0.39, 0.29) is 0 Å². The van der Waals surface area contributed by atoms with Gasteiger partial charge >= 0.3 is 0 Å². The van der Waals surface area contributed by atoms with Gasteiger partial charge in [-0.1, -0.05) is 164 Å². The van der Waals surface area contributed by atoms with Gasteiger partial charge in [0.05, 0.1) is 106 Å². The highest BCUT2D eigenvalue weighted by Crippen LogP contribution is 2.47. The number of hydrogen-bond acceptors (Lipinski definition) is 7. The van der Waals surface area contributed by atoms with E-state index in [1.807, 2.05) is 127 Å². The van der Waals surface area contributed by atoms with Crippen LogP contribution in [0.1, 0.15) is 22.3 Å². The summed E-state index contributed by atoms with van der Waals surface area (Å²) in [5, 5.41) is 43.9. The average molecular weight is 1220 g/mol. The molecular weight excluding hydrogens is 1180 g/mol. The summed E-state index contributed by atoms with van der Waals surface area (Å²) < 4.78 is 4.47. The molecule has 0 bridgehead atoms. The zero-order valence-electron chi connectivity index (χ0n) is 50.5. The molecule has 0 saturated carbocycles. The van der Waals surface area contributed by atoms with E-state index in [4.69, 9.17) is 41.2 Å². The van der Waals surface area contributed by atoms with Gasteiger partial charge in [-0.15, -0.1) is 0 Å². The fourth-order valence-electron chi connectivity index (χ4n) is 12.9. The highest BCUT2D eigenvalue weighted by atomic mass is 15.0. The van der Waals surface area contributed by atoms with Crippen LogP contribution in [-0.2, 0) is 0 Å². The van der Waals surface area contributed by atoms with Crippen LogP contribution >= 0.6 is 0 Å². The first-order chi connectivity index (χ1) is 47.2. The summed E-state index contributed by atoms with van der Waals surface area (Å²) in [6, 6.07) is 88.0. The van der Waals surface area contributed by atoms with Gasteiger partial charge in [-0.3, -0.25) is 0 Å². The molecule has 96 heavy (non-hydrogen) atoms. The highest BCUT2D eigenvalue weighted by molar-refractivity contribution is 6.15. The Morgan fingerprint density at radius 1 is 0.281 bits per heavy atom. The molecular formula is C83H41N13. The van der Waals surface area contributed by atoms with Crippen LogP contribution in [0.25, 0.3) is 164 Å². The normalized spacial score (nSPS) is 10.8. The predicted octanol–water partition coefficient (Wildman–Crippen LogP) is 21.1. The van der Waals surface area contributed by atoms with Gasteiger partial charge in [0.25, 0.3) is 0 Å². The lowest BCUT2D eigenvalue weighted by Crippen LogP contribution is -2.04. The predicted molar refractivity (Wildman–Crippen MR) is 376 cm³/mol. The first-order valence-electron chi connectivity index (χ1n) is 30.2. The monoisotopic (exact) mass is 1220 g/mol. The molecule has 0 fully saturated rings. The van der Waals surface area contributed by atoms with E-state index in [0.29, 0.717) is 90.3 Å². The summed E-state index contributed by atoms with van der Waals surface area (Å²) in [6.07, 6.45) is 0. The number of rotatable bonds is 10. The van der Waals surface area contributed by atoms with E-state index in [0.717, 1.165) is 99.5 Å². The molecule has 0 saturated heterocycles. The summed E-state index contributed by atoms with van der Waals surface area (Å²) in [4.78, 5) is 30.6. The molecule has 3 heterocycles. The van der Waals surface area contributed by atoms with Crippen LogP contribution in [0, 0.1) is 71.6 Å². The first-order valence-corrected chi connectivity index (χ1v) is 30.2. The van der Waals surface area contributed by atoms with Crippen molar-refractivity contribution in [1.29, 1.82) is 21.0 Å². The molecule has 0 aliphatic rings. The smallest absolute Gasteiger partial charge is 0.184 e. The van der Waals surface area contributed by atoms with E-state index >= 15 is 0 Å². The van der Waals surface area contributed by atoms with Crippen LogP contribution < -0.4 is 0 Å². The second kappa shape index (κ2) is 23.8. The number of aromatic nitrogens is 5. The van der Waals surface area contributed by atoms with Gasteiger partial charge in [0, 0.05) is 49.4 Å². The number of benzene rings is 12. The third kappa shape index (κ3) is 9.89. The van der Waals surface area contributed by atoms with Crippen molar-refractivity contribution in [2.45, 2.75) is 0 Å². The van der Waals surface area contributed by atoms with Gasteiger partial charge in [0.2, 0.25) is 0 Å². The summed E-state index contributed by atoms with van der Waals surface area (Å²) in [6.45, 7) is 32.0. The molecule has 0 atom stereocenters. The zero-order valence-corrected chi connectivity index (χ0v) is 50.5. The lowest BCUT2D eigenvalue weighted by molar-refractivity contribution is 1.07. The Morgan fingerprint density at radius 3 is 1.06 bits per heavy atom. The summed E-state index contributed by atoms with van der Waals surface area (Å²) in [7, 11) is 0. The van der Waals surface area contributed by atoms with Crippen molar-refractivity contribution in [2.24, 2.45) is 0 Å². The molecule has 15 aromatic rings. The number of fused-ring (bicyclic) bond motifs is 6. The third-order valence-electron chi connectivity index (χ3n) is 17.4. The molecule has 438 valence electrons. The highest BCUT2D eigenvalue weighted by Gasteiger charge is 2.25. The van der Waals surface area contributed by atoms with Crippen LogP contribution in [0.3, 0.4) is 0 Å². The van der Waals surface area contributed by atoms with Gasteiger partial charge in [-0.2, -0.15) is 21.0 Å². The Balaban J connectivity index is 1.03. The summed E-state index contributed by atoms with van der Waals surface area (Å²) >= 11 is 0. The Kier molecular flexibility index (Phi) is 14.3. The minimum absolute atomic E-state index is 0.336. The molecule has 13 heteroatoms. The van der Waals surface area contributed by atoms with Gasteiger partial charge in [-0.05, 0) is 129 Å². The van der Waals surface area contributed by atoms with E-state index in [1.165, 1.54) is 0 Å². The van der Waals surface area contributed by atoms with Crippen molar-refractivity contribution in [3.63, 3.8) is 0 Å². The maximum atomic E-state index is 10.5. The zero-order chi connectivity index (χ0) is 65.6. The number of nitrogens with zero attached hydrogens (tertiary/aromatic N) is 13. The van der Waals surface area contributed by atoms with Gasteiger partial charge in [0.15, 0.2) is 40.2 Å². The molecule has 0 N–H and O–H groups in total. The second-order valence-corrected chi connectivity index (χ2v) is 22.7. The number of nitriles is 4. The van der Waals surface area contributed by atoms with Crippen molar-refractivity contribution in [1.82, 2.24) is 24.1 Å². The molecule has 0 amide bonds. The van der Waals surface area contributed by atoms with Gasteiger partial charge in [-0.25, -0.2) is 34.3 Å². The summed E-state index contributed by atoms with van der Waals surface area (Å²) in [5.74, 6) is 1.40. The topological polar surface area (TPSA) is 161 Å². The quantitative estimate of drug-likeness (QED) is 0.123. The Hall–Kier alpha value is -14.8. The number of hydrogen-bond donors (Lipinski definition) is 0. The van der Waals surface area contributed by atoms with E-state index in [9.17, 15) is 21.0 Å². The Morgan fingerprint density at radius 2 is 0.646 bits per heavy atom. The Labute approximate surface area is 550 Å². The second-order valence-electron chi connectivity index (χ2n) is 22.7. The molecule has 13 nitrogen and oxygen atoms in total. The standard InChI is InChI=1S/C83H41N13/c1-88-61-26-31-65(73(44-61)90-3)56-24-35-78-71(41-56)72-42-57(66-32-27-62(89-2)45-74(66)91-4)25-36-79(72)96(78)80-43-58(83-93-81(52-13-7-5-8-14-52)92-82(94-83)53-15-9-6-10-16-53)21-30-68(80)67-17-11-12-18-75(67)95-76-33-22-54(63-28-19-50(46-84)37-59(63)48-86)39-69(76)70-40-55(23-34-77(70)95)64-29-20-51(47-85)38-60(64)49-87/h5-45H. The molecule has 0 unspecified atom stereocenters. The molecule has 3 aromatic heterocycles. The lowest BCUT2D eigenvalue weighted by Gasteiger charge is -2.20. The molecule has 0 spiro atoms. The van der Waals surface area contributed by atoms with Crippen molar-refractivity contribution in [3.05, 3.63) is 317 Å². The van der Waals surface area contributed by atoms with Crippen LogP contribution in [0.15, 0.2) is 249 Å². The minimum Gasteiger partial charge on any atom is -0.309 e. The molecule has 0 aliphatic carbocycles. The number of para-hydroxylation sites is 1. The summed E-state index contributed by atoms with van der Waals surface area (Å²) in [5.41, 5.74) is 17.3. The molecule has 0 radical (unpaired) electrons. The van der Waals surface area contributed by atoms with Crippen LogP contribution in [0.2, 0.25) is 0 Å². The Bertz CT molecular complexity index is 5870. The van der Waals surface area contributed by atoms with Crippen LogP contribution in [0.4, 0.5) is 22.7 Å². The first kappa shape index (κ1) is 57.6. The minimum atomic E-state index is 0.336. The molecule has 15 rings (SSSR count). The van der Waals surface area contributed by atoms with Crippen LogP contribution in [0.5, 0.6) is 0 Å². The maximum Gasteiger partial charge on any atom is 0.184 e. The van der Waals surface area contributed by atoms with E-state index in [2.05, 4.69) is 113 Å². The third-order valence-corrected chi connectivity index (χ3v) is 17.4. The van der Waals surface area contributed by atoms with Gasteiger partial charge < -0.3 is 9.13 Å². The van der Waals surface area contributed by atoms with Crippen molar-refractivity contribution < 1.29 is 0 Å². The lowest BCUT2D eigenvalue weighted by atomic mass is 9.95. The van der Waals surface area contributed by atoms with Crippen molar-refractivity contribution in [3.8, 4) is 125 Å². The average Bonchev–Trinajstić information content (AvgIpc) is 1.56. The largest absolute Gasteiger partial charge is 0.309 e. The van der Waals surface area contributed by atoms with Crippen LogP contribution in [-0.4, -0.2) is 24.1 Å². The van der Waals surface area contributed by atoms with Gasteiger partial charge in [0.1, 0.15) is 0 Å². The SMILES string of the molecule is [C-]#[N+]c1ccc(-c2ccc3c(c2)c2cc(-c4ccc([N+]#[C-])cc4[N+]#[C-])ccc2n3-c2cc(-c3nc(-c4ccccc4)nc(-c4ccccc4)n3)ccc2-c2ccccc2-n2c3ccc(-c4ccc(C#N)cc4C#N)cc3c3cc(-c4ccc(C#N)cc4C#N)ccc32)c([N+]#[C-])c1. The van der Waals surface area contributed by atoms with Crippen molar-refractivity contribution >= 4 is 66.4 Å². The van der Waals surface area contributed by atoms with E-state index in [1.54, 1.807) is 60.7 Å². The maximum absolute atomic E-state index is 10.5. The fourth-order valence-corrected chi connectivity index (χ4v) is 12.9. The molecule has 12 aromatic carbocycles. The van der Waals surface area contributed by atoms with Crippen molar-refractivity contribution in [2.75, 3.05) is 0 Å². The van der Waals surface area contributed by atoms with E-state index < -0.39 is 0 Å². The molecule has 0 aliphatic heterocycles. The fraction of sp³-hybridized carbons (Fsp3) is 0.